The molecule has 1 aromatic heterocycles. The molecule has 0 unspecified atom stereocenters. The van der Waals surface area contributed by atoms with Crippen LogP contribution in [0.25, 0.3) is 11.3 Å². The molecule has 146 valence electrons. The second-order valence-electron chi connectivity index (χ2n) is 6.87. The lowest BCUT2D eigenvalue weighted by atomic mass is 10.0. The fourth-order valence-corrected chi connectivity index (χ4v) is 3.25. The largest absolute Gasteiger partial charge is 0.481 e. The molecule has 1 amide bonds. The zero-order valence-corrected chi connectivity index (χ0v) is 15.4. The lowest BCUT2D eigenvalue weighted by Crippen LogP contribution is -2.37. The van der Waals surface area contributed by atoms with E-state index < -0.39 is 11.9 Å². The Morgan fingerprint density at radius 1 is 1.32 bits per heavy atom. The lowest BCUT2D eigenvalue weighted by Gasteiger charge is -2.22. The van der Waals surface area contributed by atoms with Crippen molar-refractivity contribution in [2.75, 3.05) is 18.5 Å². The number of benzene rings is 1. The molecule has 0 aliphatic carbocycles. The summed E-state index contributed by atoms with van der Waals surface area (Å²) in [5.74, 6) is -0.996. The minimum atomic E-state index is -0.966. The summed E-state index contributed by atoms with van der Waals surface area (Å²) in [6.07, 6.45) is 3.65. The van der Waals surface area contributed by atoms with Crippen molar-refractivity contribution in [2.45, 2.75) is 18.9 Å². The fraction of sp³-hybridized carbons (Fsp3) is 0.316. The Kier molecular flexibility index (Phi) is 5.53. The Morgan fingerprint density at radius 3 is 2.61 bits per heavy atom. The van der Waals surface area contributed by atoms with E-state index in [2.05, 4.69) is 15.3 Å². The second kappa shape index (κ2) is 8.03. The number of likely N-dealkylation sites (N-methyl/N-ethyl adjacent to an activating group) is 1. The molecule has 1 aliphatic rings. The topological polar surface area (TPSA) is 145 Å². The number of hydrogen-bond acceptors (Lipinski definition) is 6. The van der Waals surface area contributed by atoms with Gasteiger partial charge in [-0.3, -0.25) is 20.0 Å². The first kappa shape index (κ1) is 19.3. The molecule has 0 saturated carbocycles. The first-order valence-corrected chi connectivity index (χ1v) is 8.83. The van der Waals surface area contributed by atoms with Crippen LogP contribution in [0.1, 0.15) is 18.4 Å². The molecule has 0 bridgehead atoms. The van der Waals surface area contributed by atoms with E-state index in [1.165, 1.54) is 0 Å². The number of nitrogens with one attached hydrogen (secondary N) is 2. The SMILES string of the molecule is CN(C[C@@H]1C[C@@H](CC(=O)O)C(=O)N1)c1cnc(-c2ccc(C(=N)N)cc2)cn1. The molecule has 1 saturated heterocycles. The van der Waals surface area contributed by atoms with E-state index >= 15 is 0 Å². The quantitative estimate of drug-likeness (QED) is 0.410. The van der Waals surface area contributed by atoms with E-state index in [1.807, 2.05) is 24.1 Å². The molecule has 1 fully saturated rings. The van der Waals surface area contributed by atoms with Gasteiger partial charge in [-0.2, -0.15) is 0 Å². The van der Waals surface area contributed by atoms with Crippen LogP contribution in [0.4, 0.5) is 5.82 Å². The minimum absolute atomic E-state index is 0.0132. The van der Waals surface area contributed by atoms with Crippen LogP contribution >= 0.6 is 0 Å². The van der Waals surface area contributed by atoms with Crippen molar-refractivity contribution in [1.82, 2.24) is 15.3 Å². The van der Waals surface area contributed by atoms with E-state index in [0.717, 1.165) is 5.56 Å². The van der Waals surface area contributed by atoms with Crippen LogP contribution in [-0.2, 0) is 9.59 Å². The minimum Gasteiger partial charge on any atom is -0.481 e. The van der Waals surface area contributed by atoms with Crippen LogP contribution in [0.2, 0.25) is 0 Å². The van der Waals surface area contributed by atoms with Gasteiger partial charge in [0.2, 0.25) is 5.91 Å². The maximum absolute atomic E-state index is 11.9. The molecule has 3 rings (SSSR count). The van der Waals surface area contributed by atoms with Gasteiger partial charge in [0.15, 0.2) is 0 Å². The van der Waals surface area contributed by atoms with Gasteiger partial charge in [0.25, 0.3) is 0 Å². The lowest BCUT2D eigenvalue weighted by molar-refractivity contribution is -0.140. The normalized spacial score (nSPS) is 18.5. The van der Waals surface area contributed by atoms with Crippen LogP contribution in [0, 0.1) is 11.3 Å². The van der Waals surface area contributed by atoms with Gasteiger partial charge in [-0.15, -0.1) is 0 Å². The van der Waals surface area contributed by atoms with Gasteiger partial charge in [0.05, 0.1) is 30.4 Å². The number of aromatic nitrogens is 2. The predicted octanol–water partition coefficient (Wildman–Crippen LogP) is 0.843. The van der Waals surface area contributed by atoms with Crippen LogP contribution in [0.3, 0.4) is 0 Å². The van der Waals surface area contributed by atoms with Crippen molar-refractivity contribution < 1.29 is 14.7 Å². The first-order chi connectivity index (χ1) is 13.3. The number of carbonyl (C=O) groups excluding carboxylic acids is 1. The van der Waals surface area contributed by atoms with E-state index in [4.69, 9.17) is 16.2 Å². The Balaban J connectivity index is 1.62. The summed E-state index contributed by atoms with van der Waals surface area (Å²) in [7, 11) is 1.85. The number of nitrogens with zero attached hydrogens (tertiary/aromatic N) is 3. The van der Waals surface area contributed by atoms with Crippen molar-refractivity contribution >= 4 is 23.5 Å². The number of hydrogen-bond donors (Lipinski definition) is 4. The van der Waals surface area contributed by atoms with Crippen LogP contribution < -0.4 is 16.0 Å². The molecule has 2 heterocycles. The zero-order chi connectivity index (χ0) is 20.3. The third kappa shape index (κ3) is 4.43. The molecule has 5 N–H and O–H groups in total. The number of aliphatic carboxylic acids is 1. The maximum Gasteiger partial charge on any atom is 0.304 e. The number of carboxylic acid groups (broad SMARTS) is 1. The molecule has 9 nitrogen and oxygen atoms in total. The van der Waals surface area contributed by atoms with Crippen LogP contribution in [0.5, 0.6) is 0 Å². The number of carboxylic acids is 1. The summed E-state index contributed by atoms with van der Waals surface area (Å²) in [4.78, 5) is 33.4. The molecule has 2 atom stereocenters. The molecule has 1 aromatic carbocycles. The molecule has 0 radical (unpaired) electrons. The summed E-state index contributed by atoms with van der Waals surface area (Å²) in [6, 6.07) is 7.06. The Labute approximate surface area is 162 Å². The van der Waals surface area contributed by atoms with Crippen molar-refractivity contribution in [2.24, 2.45) is 11.7 Å². The van der Waals surface area contributed by atoms with Crippen LogP contribution in [0.15, 0.2) is 36.7 Å². The van der Waals surface area contributed by atoms with Crippen molar-refractivity contribution in [3.8, 4) is 11.3 Å². The summed E-state index contributed by atoms with van der Waals surface area (Å²) in [5.41, 5.74) is 7.67. The number of rotatable bonds is 7. The molecule has 28 heavy (non-hydrogen) atoms. The number of carbonyl (C=O) groups is 2. The van der Waals surface area contributed by atoms with Crippen molar-refractivity contribution in [3.05, 3.63) is 42.2 Å². The van der Waals surface area contributed by atoms with Gasteiger partial charge < -0.3 is 21.1 Å². The predicted molar refractivity (Wildman–Crippen MR) is 104 cm³/mol. The number of nitrogen functional groups attached to an aromatic ring is 1. The summed E-state index contributed by atoms with van der Waals surface area (Å²) < 4.78 is 0. The first-order valence-electron chi connectivity index (χ1n) is 8.83. The molecular weight excluding hydrogens is 360 g/mol. The highest BCUT2D eigenvalue weighted by Crippen LogP contribution is 2.22. The van der Waals surface area contributed by atoms with E-state index in [-0.39, 0.29) is 24.2 Å². The van der Waals surface area contributed by atoms with Gasteiger partial charge in [-0.1, -0.05) is 24.3 Å². The summed E-state index contributed by atoms with van der Waals surface area (Å²) >= 11 is 0. The van der Waals surface area contributed by atoms with E-state index in [1.54, 1.807) is 24.5 Å². The van der Waals surface area contributed by atoms with E-state index in [0.29, 0.717) is 30.0 Å². The second-order valence-corrected chi connectivity index (χ2v) is 6.87. The van der Waals surface area contributed by atoms with Gasteiger partial charge >= 0.3 is 5.97 Å². The Bertz CT molecular complexity index is 882. The third-order valence-corrected chi connectivity index (χ3v) is 4.72. The Hall–Kier alpha value is -3.49. The number of amidine groups is 1. The molecule has 1 aliphatic heterocycles. The summed E-state index contributed by atoms with van der Waals surface area (Å²) in [5, 5.41) is 19.1. The van der Waals surface area contributed by atoms with Gasteiger partial charge in [-0.25, -0.2) is 4.98 Å². The highest BCUT2D eigenvalue weighted by Gasteiger charge is 2.34. The van der Waals surface area contributed by atoms with Crippen LogP contribution in [-0.4, -0.2) is 52.4 Å². The smallest absolute Gasteiger partial charge is 0.304 e. The monoisotopic (exact) mass is 382 g/mol. The summed E-state index contributed by atoms with van der Waals surface area (Å²) in [6.45, 7) is 0.517. The highest BCUT2D eigenvalue weighted by molar-refractivity contribution is 5.95. The van der Waals surface area contributed by atoms with Crippen molar-refractivity contribution in [3.63, 3.8) is 0 Å². The van der Waals surface area contributed by atoms with Gasteiger partial charge in [0.1, 0.15) is 11.7 Å². The van der Waals surface area contributed by atoms with E-state index in [9.17, 15) is 9.59 Å². The number of anilines is 1. The maximum atomic E-state index is 11.9. The standard InChI is InChI=1S/C19H22N6O3/c1-25(10-14-6-13(7-17(26)27)19(28)24-14)16-9-22-15(8-23-16)11-2-4-12(5-3-11)18(20)21/h2-5,8-9,13-14H,6-7,10H2,1H3,(H3,20,21)(H,24,28)(H,26,27)/t13-,14-/m0/s1. The van der Waals surface area contributed by atoms with Gasteiger partial charge in [0, 0.05) is 30.8 Å². The fourth-order valence-electron chi connectivity index (χ4n) is 3.25. The average molecular weight is 382 g/mol. The molecule has 0 spiro atoms. The highest BCUT2D eigenvalue weighted by atomic mass is 16.4. The van der Waals surface area contributed by atoms with Gasteiger partial charge in [-0.05, 0) is 6.42 Å². The molecule has 9 heteroatoms. The third-order valence-electron chi connectivity index (χ3n) is 4.72. The number of nitrogens with two attached hydrogens (primary N) is 1. The zero-order valence-electron chi connectivity index (χ0n) is 15.4. The Morgan fingerprint density at radius 2 is 2.04 bits per heavy atom. The molecule has 2 aromatic rings. The molecular formula is C19H22N6O3. The number of amides is 1. The van der Waals surface area contributed by atoms with Crippen molar-refractivity contribution in [1.29, 1.82) is 5.41 Å². The average Bonchev–Trinajstić information content (AvgIpc) is 3.00.